The fraction of sp³-hybridized carbons (Fsp3) is 0.625. The third kappa shape index (κ3) is 2.54. The molecule has 0 radical (unpaired) electrons. The fourth-order valence-electron chi connectivity index (χ4n) is 0.783. The fourth-order valence-corrected chi connectivity index (χ4v) is 0.783. The SMILES string of the molecule is CC(C)=C(C)NC1=NCCNN1. The van der Waals surface area contributed by atoms with Gasteiger partial charge in [0.05, 0.1) is 6.54 Å². The molecule has 0 bridgehead atoms. The second kappa shape index (κ2) is 4.11. The highest BCUT2D eigenvalue weighted by Crippen LogP contribution is 1.96. The van der Waals surface area contributed by atoms with Gasteiger partial charge in [0, 0.05) is 12.2 Å². The summed E-state index contributed by atoms with van der Waals surface area (Å²) in [6, 6.07) is 0. The number of nitrogens with zero attached hydrogens (tertiary/aromatic N) is 1. The first-order valence-electron chi connectivity index (χ1n) is 4.14. The Morgan fingerprint density at radius 1 is 1.42 bits per heavy atom. The van der Waals surface area contributed by atoms with E-state index in [1.54, 1.807) is 0 Å². The summed E-state index contributed by atoms with van der Waals surface area (Å²) in [5.74, 6) is 0.806. The molecule has 68 valence electrons. The van der Waals surface area contributed by atoms with Crippen molar-refractivity contribution in [1.29, 1.82) is 0 Å². The lowest BCUT2D eigenvalue weighted by Crippen LogP contribution is -2.49. The summed E-state index contributed by atoms with van der Waals surface area (Å²) in [6.07, 6.45) is 0. The van der Waals surface area contributed by atoms with Crippen molar-refractivity contribution in [3.8, 4) is 0 Å². The molecule has 12 heavy (non-hydrogen) atoms. The molecule has 0 fully saturated rings. The van der Waals surface area contributed by atoms with Crippen LogP contribution in [0.4, 0.5) is 0 Å². The Balaban J connectivity index is 2.50. The average molecular weight is 168 g/mol. The molecular formula is C8H16N4. The Labute approximate surface area is 73.1 Å². The molecule has 0 atom stereocenters. The summed E-state index contributed by atoms with van der Waals surface area (Å²) in [5, 5.41) is 3.17. The number of rotatable bonds is 1. The minimum Gasteiger partial charge on any atom is -0.329 e. The van der Waals surface area contributed by atoms with Gasteiger partial charge in [-0.05, 0) is 20.8 Å². The molecule has 1 rings (SSSR count). The highest BCUT2D eigenvalue weighted by molar-refractivity contribution is 5.81. The van der Waals surface area contributed by atoms with Crippen molar-refractivity contribution in [2.45, 2.75) is 20.8 Å². The minimum absolute atomic E-state index is 0.806. The summed E-state index contributed by atoms with van der Waals surface area (Å²) < 4.78 is 0. The van der Waals surface area contributed by atoms with Crippen LogP contribution in [0.5, 0.6) is 0 Å². The number of nitrogens with one attached hydrogen (secondary N) is 3. The molecular weight excluding hydrogens is 152 g/mol. The Morgan fingerprint density at radius 3 is 2.67 bits per heavy atom. The number of allylic oxidation sites excluding steroid dienone is 2. The first-order chi connectivity index (χ1) is 5.70. The average Bonchev–Trinajstić information content (AvgIpc) is 2.06. The van der Waals surface area contributed by atoms with Crippen LogP contribution in [0, 0.1) is 0 Å². The van der Waals surface area contributed by atoms with Crippen LogP contribution in [0.15, 0.2) is 16.3 Å². The second-order valence-corrected chi connectivity index (χ2v) is 3.03. The van der Waals surface area contributed by atoms with E-state index >= 15 is 0 Å². The number of aliphatic imine (C=N–C) groups is 1. The van der Waals surface area contributed by atoms with Crippen LogP contribution in [0.3, 0.4) is 0 Å². The molecule has 1 aliphatic heterocycles. The van der Waals surface area contributed by atoms with E-state index in [0.717, 1.165) is 24.7 Å². The minimum atomic E-state index is 0.806. The lowest BCUT2D eigenvalue weighted by Gasteiger charge is -2.17. The lowest BCUT2D eigenvalue weighted by atomic mass is 10.3. The van der Waals surface area contributed by atoms with Crippen molar-refractivity contribution in [2.75, 3.05) is 13.1 Å². The predicted octanol–water partition coefficient (Wildman–Crippen LogP) is 0.354. The Morgan fingerprint density at radius 2 is 2.17 bits per heavy atom. The quantitative estimate of drug-likeness (QED) is 0.529. The molecule has 0 amide bonds. The highest BCUT2D eigenvalue weighted by atomic mass is 15.4. The van der Waals surface area contributed by atoms with Crippen LogP contribution in [-0.4, -0.2) is 19.0 Å². The summed E-state index contributed by atoms with van der Waals surface area (Å²) in [5.41, 5.74) is 8.38. The first kappa shape index (κ1) is 9.06. The third-order valence-corrected chi connectivity index (χ3v) is 1.77. The largest absolute Gasteiger partial charge is 0.329 e. The van der Waals surface area contributed by atoms with Crippen molar-refractivity contribution in [3.63, 3.8) is 0 Å². The van der Waals surface area contributed by atoms with E-state index in [-0.39, 0.29) is 0 Å². The van der Waals surface area contributed by atoms with E-state index in [4.69, 9.17) is 0 Å². The first-order valence-corrected chi connectivity index (χ1v) is 4.14. The maximum Gasteiger partial charge on any atom is 0.210 e. The molecule has 0 spiro atoms. The van der Waals surface area contributed by atoms with Gasteiger partial charge in [0.2, 0.25) is 5.96 Å². The normalized spacial score (nSPS) is 16.1. The van der Waals surface area contributed by atoms with Crippen LogP contribution >= 0.6 is 0 Å². The number of hydrogen-bond acceptors (Lipinski definition) is 4. The molecule has 4 nitrogen and oxygen atoms in total. The molecule has 0 aliphatic carbocycles. The van der Waals surface area contributed by atoms with Crippen molar-refractivity contribution in [1.82, 2.24) is 16.2 Å². The maximum absolute atomic E-state index is 4.25. The third-order valence-electron chi connectivity index (χ3n) is 1.77. The molecule has 0 aromatic carbocycles. The number of hydrogen-bond donors (Lipinski definition) is 3. The van der Waals surface area contributed by atoms with Gasteiger partial charge in [0.1, 0.15) is 0 Å². The molecule has 1 aliphatic rings. The smallest absolute Gasteiger partial charge is 0.210 e. The summed E-state index contributed by atoms with van der Waals surface area (Å²) in [4.78, 5) is 4.25. The van der Waals surface area contributed by atoms with Crippen molar-refractivity contribution in [2.24, 2.45) is 4.99 Å². The Hall–Kier alpha value is -1.03. The maximum atomic E-state index is 4.25. The van der Waals surface area contributed by atoms with Gasteiger partial charge in [-0.2, -0.15) is 0 Å². The van der Waals surface area contributed by atoms with E-state index in [0.29, 0.717) is 0 Å². The van der Waals surface area contributed by atoms with Gasteiger partial charge < -0.3 is 5.32 Å². The lowest BCUT2D eigenvalue weighted by molar-refractivity contribution is 0.611. The van der Waals surface area contributed by atoms with Gasteiger partial charge in [-0.15, -0.1) is 0 Å². The monoisotopic (exact) mass is 168 g/mol. The molecule has 0 aromatic rings. The molecule has 3 N–H and O–H groups in total. The van der Waals surface area contributed by atoms with E-state index in [1.807, 2.05) is 6.92 Å². The van der Waals surface area contributed by atoms with Gasteiger partial charge in [-0.1, -0.05) is 5.57 Å². The topological polar surface area (TPSA) is 48.5 Å². The zero-order valence-corrected chi connectivity index (χ0v) is 7.86. The predicted molar refractivity (Wildman–Crippen MR) is 50.6 cm³/mol. The Kier molecular flexibility index (Phi) is 3.10. The van der Waals surface area contributed by atoms with E-state index in [2.05, 4.69) is 35.0 Å². The van der Waals surface area contributed by atoms with Crippen molar-refractivity contribution < 1.29 is 0 Å². The standard InChI is InChI=1S/C8H16N4/c1-6(2)7(3)11-8-9-4-5-10-12-8/h10H,4-5H2,1-3H3,(H2,9,11,12). The van der Waals surface area contributed by atoms with E-state index in [9.17, 15) is 0 Å². The summed E-state index contributed by atoms with van der Waals surface area (Å²) >= 11 is 0. The van der Waals surface area contributed by atoms with Gasteiger partial charge in [0.25, 0.3) is 0 Å². The second-order valence-electron chi connectivity index (χ2n) is 3.03. The van der Waals surface area contributed by atoms with E-state index in [1.165, 1.54) is 5.57 Å². The van der Waals surface area contributed by atoms with E-state index < -0.39 is 0 Å². The number of guanidine groups is 1. The molecule has 4 heteroatoms. The zero-order valence-electron chi connectivity index (χ0n) is 7.86. The van der Waals surface area contributed by atoms with Crippen molar-refractivity contribution in [3.05, 3.63) is 11.3 Å². The Bertz CT molecular complexity index is 213. The van der Waals surface area contributed by atoms with Crippen molar-refractivity contribution >= 4 is 5.96 Å². The molecule has 0 unspecified atom stereocenters. The molecule has 0 saturated heterocycles. The van der Waals surface area contributed by atoms with Crippen LogP contribution < -0.4 is 16.2 Å². The van der Waals surface area contributed by atoms with Crippen LogP contribution in [-0.2, 0) is 0 Å². The number of hydrazine groups is 1. The zero-order chi connectivity index (χ0) is 8.97. The van der Waals surface area contributed by atoms with Gasteiger partial charge in [-0.25, -0.2) is 5.43 Å². The van der Waals surface area contributed by atoms with Gasteiger partial charge >= 0.3 is 0 Å². The summed E-state index contributed by atoms with van der Waals surface area (Å²) in [6.45, 7) is 7.89. The van der Waals surface area contributed by atoms with Gasteiger partial charge in [-0.3, -0.25) is 10.4 Å². The van der Waals surface area contributed by atoms with Gasteiger partial charge in [0.15, 0.2) is 0 Å². The highest BCUT2D eigenvalue weighted by Gasteiger charge is 2.02. The molecule has 0 aromatic heterocycles. The molecule has 1 heterocycles. The van der Waals surface area contributed by atoms with Crippen LogP contribution in [0.2, 0.25) is 0 Å². The summed E-state index contributed by atoms with van der Waals surface area (Å²) in [7, 11) is 0. The van der Waals surface area contributed by atoms with Crippen LogP contribution in [0.25, 0.3) is 0 Å². The van der Waals surface area contributed by atoms with Crippen LogP contribution in [0.1, 0.15) is 20.8 Å². The molecule has 0 saturated carbocycles.